The smallest absolute Gasteiger partial charge is 0.280 e. The summed E-state index contributed by atoms with van der Waals surface area (Å²) in [4.78, 5) is 16.1. The predicted octanol–water partition coefficient (Wildman–Crippen LogP) is 3.85. The zero-order valence-electron chi connectivity index (χ0n) is 14.1. The number of halogens is 2. The van der Waals surface area contributed by atoms with E-state index in [0.29, 0.717) is 16.8 Å². The fourth-order valence-corrected chi connectivity index (χ4v) is 2.78. The van der Waals surface area contributed by atoms with Crippen LogP contribution in [-0.2, 0) is 7.05 Å². The maximum atomic E-state index is 14.0. The summed E-state index contributed by atoms with van der Waals surface area (Å²) in [6, 6.07) is 7.76. The second kappa shape index (κ2) is 6.24. The van der Waals surface area contributed by atoms with Crippen LogP contribution in [0.3, 0.4) is 0 Å². The number of nitrogen functional groups attached to an aromatic ring is 1. The quantitative estimate of drug-likeness (QED) is 0.555. The lowest BCUT2D eigenvalue weighted by Crippen LogP contribution is -2.16. The van der Waals surface area contributed by atoms with Crippen molar-refractivity contribution in [1.82, 2.24) is 9.55 Å². The Morgan fingerprint density at radius 3 is 2.67 bits per heavy atom. The van der Waals surface area contributed by atoms with Gasteiger partial charge in [-0.05, 0) is 30.3 Å². The fraction of sp³-hybridized carbons (Fsp3) is 0.0526. The zero-order valence-corrected chi connectivity index (χ0v) is 14.1. The Morgan fingerprint density at radius 1 is 1.11 bits per heavy atom. The molecule has 0 fully saturated rings. The van der Waals surface area contributed by atoms with Crippen molar-refractivity contribution in [3.63, 3.8) is 0 Å². The van der Waals surface area contributed by atoms with Crippen molar-refractivity contribution >= 4 is 16.8 Å². The normalized spacial score (nSPS) is 11.1. The summed E-state index contributed by atoms with van der Waals surface area (Å²) in [5, 5.41) is 0. The number of fused-ring (bicyclic) bond motifs is 1. The van der Waals surface area contributed by atoms with Gasteiger partial charge in [0, 0.05) is 36.1 Å². The van der Waals surface area contributed by atoms with Gasteiger partial charge in [-0.1, -0.05) is 0 Å². The highest BCUT2D eigenvalue weighted by Crippen LogP contribution is 2.38. The minimum atomic E-state index is -0.844. The summed E-state index contributed by atoms with van der Waals surface area (Å²) in [6.45, 7) is 0. The first-order valence-electron chi connectivity index (χ1n) is 7.89. The number of aromatic nitrogens is 2. The van der Waals surface area contributed by atoms with Crippen molar-refractivity contribution in [1.29, 1.82) is 0 Å². The molecular weight excluding hydrogens is 356 g/mol. The van der Waals surface area contributed by atoms with Gasteiger partial charge in [0.1, 0.15) is 11.6 Å². The molecular formula is C19H13F2N3O3. The average Bonchev–Trinajstić information content (AvgIpc) is 3.12. The minimum absolute atomic E-state index is 0.149. The van der Waals surface area contributed by atoms with E-state index in [0.717, 1.165) is 12.1 Å². The number of ether oxygens (including phenoxy) is 1. The third-order valence-electron chi connectivity index (χ3n) is 4.07. The molecule has 136 valence electrons. The Hall–Kier alpha value is -3.68. The van der Waals surface area contributed by atoms with Crippen LogP contribution in [0.25, 0.3) is 22.2 Å². The molecule has 2 aromatic heterocycles. The van der Waals surface area contributed by atoms with Crippen molar-refractivity contribution in [3.8, 4) is 22.6 Å². The van der Waals surface area contributed by atoms with E-state index in [9.17, 15) is 13.6 Å². The number of aryl methyl sites for hydroxylation is 1. The molecule has 0 radical (unpaired) electrons. The van der Waals surface area contributed by atoms with Gasteiger partial charge in [0.15, 0.2) is 29.1 Å². The number of pyridine rings is 1. The molecule has 0 aliphatic heterocycles. The molecule has 2 N–H and O–H groups in total. The van der Waals surface area contributed by atoms with Crippen LogP contribution in [0.1, 0.15) is 0 Å². The molecule has 4 rings (SSSR count). The number of hydrogen-bond acceptors (Lipinski definition) is 5. The largest absolute Gasteiger partial charge is 0.454 e. The van der Waals surface area contributed by atoms with Gasteiger partial charge < -0.3 is 19.5 Å². The first-order chi connectivity index (χ1) is 12.9. The van der Waals surface area contributed by atoms with Crippen LogP contribution in [0.4, 0.5) is 14.5 Å². The molecule has 0 bridgehead atoms. The van der Waals surface area contributed by atoms with Gasteiger partial charge in [-0.2, -0.15) is 0 Å². The van der Waals surface area contributed by atoms with E-state index in [1.54, 1.807) is 31.4 Å². The Balaban J connectivity index is 1.92. The zero-order chi connectivity index (χ0) is 19.1. The number of hydrogen-bond donors (Lipinski definition) is 1. The van der Waals surface area contributed by atoms with Crippen LogP contribution < -0.4 is 16.0 Å². The molecule has 2 heterocycles. The van der Waals surface area contributed by atoms with Crippen molar-refractivity contribution < 1.29 is 17.9 Å². The topological polar surface area (TPSA) is 83.3 Å². The lowest BCUT2D eigenvalue weighted by molar-refractivity contribution is 0.439. The molecule has 0 unspecified atom stereocenters. The van der Waals surface area contributed by atoms with Gasteiger partial charge in [-0.25, -0.2) is 13.8 Å². The summed E-state index contributed by atoms with van der Waals surface area (Å²) in [6.07, 6.45) is 2.72. The van der Waals surface area contributed by atoms with E-state index in [1.807, 2.05) is 0 Å². The van der Waals surface area contributed by atoms with E-state index in [4.69, 9.17) is 14.9 Å². The maximum Gasteiger partial charge on any atom is 0.280 e. The van der Waals surface area contributed by atoms with E-state index in [-0.39, 0.29) is 28.2 Å². The molecule has 0 aliphatic carbocycles. The fourth-order valence-electron chi connectivity index (χ4n) is 2.78. The number of nitrogens with zero attached hydrogens (tertiary/aromatic N) is 2. The number of anilines is 1. The van der Waals surface area contributed by atoms with Gasteiger partial charge >= 0.3 is 0 Å². The van der Waals surface area contributed by atoms with E-state index >= 15 is 0 Å². The Kier molecular flexibility index (Phi) is 3.88. The molecule has 2 aromatic carbocycles. The Labute approximate surface area is 151 Å². The van der Waals surface area contributed by atoms with Crippen molar-refractivity contribution in [2.24, 2.45) is 7.05 Å². The first-order valence-corrected chi connectivity index (χ1v) is 7.89. The van der Waals surface area contributed by atoms with Crippen LogP contribution >= 0.6 is 0 Å². The summed E-state index contributed by atoms with van der Waals surface area (Å²) >= 11 is 0. The van der Waals surface area contributed by atoms with E-state index < -0.39 is 11.6 Å². The highest BCUT2D eigenvalue weighted by atomic mass is 19.1. The Bertz CT molecular complexity index is 1230. The third-order valence-corrected chi connectivity index (χ3v) is 4.07. The van der Waals surface area contributed by atoms with E-state index in [2.05, 4.69) is 4.98 Å². The molecule has 0 amide bonds. The van der Waals surface area contributed by atoms with Gasteiger partial charge in [-0.15, -0.1) is 0 Å². The summed E-state index contributed by atoms with van der Waals surface area (Å²) in [7, 11) is 1.58. The molecule has 0 saturated heterocycles. The third kappa shape index (κ3) is 2.91. The summed E-state index contributed by atoms with van der Waals surface area (Å²) in [5.41, 5.74) is 7.38. The molecule has 8 heteroatoms. The molecule has 0 aliphatic rings. The maximum absolute atomic E-state index is 14.0. The SMILES string of the molecule is Cn1cc(-c2cc(N)ccc2Oc2ccc(F)cc2F)c2ocnc2c1=O. The van der Waals surface area contributed by atoms with Gasteiger partial charge in [-0.3, -0.25) is 4.79 Å². The molecule has 0 saturated carbocycles. The molecule has 27 heavy (non-hydrogen) atoms. The number of nitrogens with two attached hydrogens (primary N) is 1. The van der Waals surface area contributed by atoms with Crippen LogP contribution in [0, 0.1) is 11.6 Å². The van der Waals surface area contributed by atoms with Gasteiger partial charge in [0.05, 0.1) is 0 Å². The number of oxazole rings is 1. The average molecular weight is 369 g/mol. The van der Waals surface area contributed by atoms with Gasteiger partial charge in [0.2, 0.25) is 0 Å². The van der Waals surface area contributed by atoms with Crippen LogP contribution in [0.2, 0.25) is 0 Å². The van der Waals surface area contributed by atoms with Crippen LogP contribution in [0.5, 0.6) is 11.5 Å². The summed E-state index contributed by atoms with van der Waals surface area (Å²) in [5.74, 6) is -1.45. The lowest BCUT2D eigenvalue weighted by atomic mass is 10.0. The summed E-state index contributed by atoms with van der Waals surface area (Å²) < 4.78 is 39.5. The number of rotatable bonds is 3. The first kappa shape index (κ1) is 16.8. The van der Waals surface area contributed by atoms with Crippen molar-refractivity contribution in [2.45, 2.75) is 0 Å². The predicted molar refractivity (Wildman–Crippen MR) is 95.5 cm³/mol. The second-order valence-electron chi connectivity index (χ2n) is 5.92. The Morgan fingerprint density at radius 2 is 1.89 bits per heavy atom. The lowest BCUT2D eigenvalue weighted by Gasteiger charge is -2.13. The number of benzene rings is 2. The molecule has 4 aromatic rings. The second-order valence-corrected chi connectivity index (χ2v) is 5.92. The minimum Gasteiger partial charge on any atom is -0.454 e. The monoisotopic (exact) mass is 369 g/mol. The highest BCUT2D eigenvalue weighted by molar-refractivity contribution is 5.92. The van der Waals surface area contributed by atoms with E-state index in [1.165, 1.54) is 17.0 Å². The molecule has 6 nitrogen and oxygen atoms in total. The van der Waals surface area contributed by atoms with Gasteiger partial charge in [0.25, 0.3) is 5.56 Å². The molecule has 0 atom stereocenters. The standard InChI is InChI=1S/C19H13F2N3O3/c1-24-8-13(18-17(19(24)25)23-9-26-18)12-7-11(22)3-5-15(12)27-16-4-2-10(20)6-14(16)21/h2-9H,22H2,1H3. The van der Waals surface area contributed by atoms with Crippen LogP contribution in [-0.4, -0.2) is 9.55 Å². The van der Waals surface area contributed by atoms with Crippen LogP contribution in [0.15, 0.2) is 58.2 Å². The van der Waals surface area contributed by atoms with Crippen molar-refractivity contribution in [3.05, 3.63) is 71.0 Å². The molecule has 0 spiro atoms. The highest BCUT2D eigenvalue weighted by Gasteiger charge is 2.18. The van der Waals surface area contributed by atoms with Crippen molar-refractivity contribution in [2.75, 3.05) is 5.73 Å².